The maximum atomic E-state index is 12.6. The molecule has 29 heavy (non-hydrogen) atoms. The first-order chi connectivity index (χ1) is 14.0. The standard InChI is InChI=1S/C21H23ClN4O3/c1-14-3-5-16-19(11-14)29-20(23-16)13-25-7-9-26(10-8-25)21(27)24-17-12-15(22)4-6-18(17)28-2/h3-6,11-12H,7-10,13H2,1-2H3,(H,24,27). The minimum atomic E-state index is -0.164. The number of rotatable bonds is 4. The van der Waals surface area contributed by atoms with Crippen LogP contribution >= 0.6 is 11.6 Å². The van der Waals surface area contributed by atoms with Crippen LogP contribution < -0.4 is 10.1 Å². The van der Waals surface area contributed by atoms with E-state index in [1.807, 2.05) is 25.1 Å². The fourth-order valence-electron chi connectivity index (χ4n) is 3.42. The first kappa shape index (κ1) is 19.5. The van der Waals surface area contributed by atoms with E-state index in [0.29, 0.717) is 42.0 Å². The number of fused-ring (bicyclic) bond motifs is 1. The molecule has 1 N–H and O–H groups in total. The van der Waals surface area contributed by atoms with Gasteiger partial charge in [0.05, 0.1) is 19.3 Å². The summed E-state index contributed by atoms with van der Waals surface area (Å²) in [6, 6.07) is 11.0. The lowest BCUT2D eigenvalue weighted by Crippen LogP contribution is -2.49. The molecule has 2 aromatic carbocycles. The minimum absolute atomic E-state index is 0.164. The Kier molecular flexibility index (Phi) is 5.60. The van der Waals surface area contributed by atoms with Crippen LogP contribution in [0.5, 0.6) is 5.75 Å². The second-order valence-electron chi connectivity index (χ2n) is 7.12. The highest BCUT2D eigenvalue weighted by molar-refractivity contribution is 6.31. The van der Waals surface area contributed by atoms with E-state index in [-0.39, 0.29) is 6.03 Å². The monoisotopic (exact) mass is 414 g/mol. The third-order valence-corrected chi connectivity index (χ3v) is 5.24. The topological polar surface area (TPSA) is 70.8 Å². The number of amides is 2. The molecule has 152 valence electrons. The van der Waals surface area contributed by atoms with Gasteiger partial charge in [-0.05, 0) is 42.8 Å². The molecule has 2 heterocycles. The molecule has 1 aliphatic rings. The molecule has 0 aliphatic carbocycles. The van der Waals surface area contributed by atoms with Gasteiger partial charge in [0.25, 0.3) is 0 Å². The molecule has 8 heteroatoms. The molecule has 7 nitrogen and oxygen atoms in total. The Hall–Kier alpha value is -2.77. The molecule has 2 amide bonds. The van der Waals surface area contributed by atoms with E-state index in [2.05, 4.69) is 15.2 Å². The molecule has 0 unspecified atom stereocenters. The van der Waals surface area contributed by atoms with E-state index in [9.17, 15) is 4.79 Å². The molecule has 0 spiro atoms. The van der Waals surface area contributed by atoms with Crippen molar-refractivity contribution in [3.8, 4) is 5.75 Å². The lowest BCUT2D eigenvalue weighted by Gasteiger charge is -2.34. The first-order valence-electron chi connectivity index (χ1n) is 9.50. The highest BCUT2D eigenvalue weighted by atomic mass is 35.5. The molecule has 0 saturated carbocycles. The van der Waals surface area contributed by atoms with Crippen molar-refractivity contribution in [3.63, 3.8) is 0 Å². The summed E-state index contributed by atoms with van der Waals surface area (Å²) in [5.74, 6) is 1.28. The molecule has 4 rings (SSSR count). The first-order valence-corrected chi connectivity index (χ1v) is 9.87. The van der Waals surface area contributed by atoms with Crippen molar-refractivity contribution in [3.05, 3.63) is 52.9 Å². The fraction of sp³-hybridized carbons (Fsp3) is 0.333. The average molecular weight is 415 g/mol. The lowest BCUT2D eigenvalue weighted by molar-refractivity contribution is 0.136. The Balaban J connectivity index is 1.34. The van der Waals surface area contributed by atoms with Crippen LogP contribution in [0.25, 0.3) is 11.1 Å². The van der Waals surface area contributed by atoms with Gasteiger partial charge < -0.3 is 19.4 Å². The maximum Gasteiger partial charge on any atom is 0.322 e. The molecule has 1 aliphatic heterocycles. The average Bonchev–Trinajstić information content (AvgIpc) is 3.10. The van der Waals surface area contributed by atoms with Gasteiger partial charge in [-0.1, -0.05) is 17.7 Å². The number of urea groups is 1. The largest absolute Gasteiger partial charge is 0.495 e. The van der Waals surface area contributed by atoms with Crippen molar-refractivity contribution < 1.29 is 13.9 Å². The second kappa shape index (κ2) is 8.31. The summed E-state index contributed by atoms with van der Waals surface area (Å²) in [5.41, 5.74) is 3.40. The van der Waals surface area contributed by atoms with Crippen LogP contribution in [0.4, 0.5) is 10.5 Å². The molecule has 1 saturated heterocycles. The van der Waals surface area contributed by atoms with Gasteiger partial charge in [0, 0.05) is 31.2 Å². The predicted molar refractivity (Wildman–Crippen MR) is 113 cm³/mol. The lowest BCUT2D eigenvalue weighted by atomic mass is 10.2. The zero-order valence-electron chi connectivity index (χ0n) is 16.4. The smallest absolute Gasteiger partial charge is 0.322 e. The van der Waals surface area contributed by atoms with Gasteiger partial charge in [-0.25, -0.2) is 9.78 Å². The SMILES string of the molecule is COc1ccc(Cl)cc1NC(=O)N1CCN(Cc2nc3ccc(C)cc3o2)CC1. The number of methoxy groups -OCH3 is 1. The third-order valence-electron chi connectivity index (χ3n) is 5.01. The van der Waals surface area contributed by atoms with Gasteiger partial charge in [0.1, 0.15) is 11.3 Å². The van der Waals surface area contributed by atoms with Gasteiger partial charge >= 0.3 is 6.03 Å². The number of aromatic nitrogens is 1. The number of carbonyl (C=O) groups is 1. The summed E-state index contributed by atoms with van der Waals surface area (Å²) in [5, 5.41) is 3.43. The number of anilines is 1. The number of piperazine rings is 1. The summed E-state index contributed by atoms with van der Waals surface area (Å²) in [4.78, 5) is 21.2. The minimum Gasteiger partial charge on any atom is -0.495 e. The maximum absolute atomic E-state index is 12.6. The van der Waals surface area contributed by atoms with Crippen molar-refractivity contribution in [1.29, 1.82) is 0 Å². The molecule has 0 bridgehead atoms. The van der Waals surface area contributed by atoms with E-state index < -0.39 is 0 Å². The van der Waals surface area contributed by atoms with Crippen LogP contribution in [-0.2, 0) is 6.54 Å². The van der Waals surface area contributed by atoms with Crippen LogP contribution in [0, 0.1) is 6.92 Å². The van der Waals surface area contributed by atoms with Crippen molar-refractivity contribution >= 4 is 34.4 Å². The number of nitrogens with zero attached hydrogens (tertiary/aromatic N) is 3. The zero-order chi connectivity index (χ0) is 20.4. The van der Waals surface area contributed by atoms with E-state index in [1.54, 1.807) is 30.2 Å². The van der Waals surface area contributed by atoms with Gasteiger partial charge in [0.2, 0.25) is 5.89 Å². The normalized spacial score (nSPS) is 14.9. The Morgan fingerprint density at radius 1 is 1.21 bits per heavy atom. The summed E-state index contributed by atoms with van der Waals surface area (Å²) in [6.45, 7) is 5.40. The van der Waals surface area contributed by atoms with Crippen molar-refractivity contribution in [2.75, 3.05) is 38.6 Å². The molecular formula is C21H23ClN4O3. The number of nitrogens with one attached hydrogen (secondary N) is 1. The number of hydrogen-bond donors (Lipinski definition) is 1. The van der Waals surface area contributed by atoms with Gasteiger partial charge in [-0.2, -0.15) is 0 Å². The van der Waals surface area contributed by atoms with Crippen LogP contribution in [0.15, 0.2) is 40.8 Å². The number of oxazole rings is 1. The van der Waals surface area contributed by atoms with E-state index >= 15 is 0 Å². The number of benzene rings is 2. The van der Waals surface area contributed by atoms with E-state index in [0.717, 1.165) is 29.8 Å². The summed E-state index contributed by atoms with van der Waals surface area (Å²) < 4.78 is 11.2. The molecule has 1 fully saturated rings. The van der Waals surface area contributed by atoms with E-state index in [4.69, 9.17) is 20.8 Å². The Morgan fingerprint density at radius 3 is 2.76 bits per heavy atom. The summed E-state index contributed by atoms with van der Waals surface area (Å²) >= 11 is 6.04. The van der Waals surface area contributed by atoms with Crippen LogP contribution in [0.2, 0.25) is 5.02 Å². The number of carbonyl (C=O) groups excluding carboxylic acids is 1. The summed E-state index contributed by atoms with van der Waals surface area (Å²) in [7, 11) is 1.56. The predicted octanol–water partition coefficient (Wildman–Crippen LogP) is 4.15. The molecule has 0 radical (unpaired) electrons. The van der Waals surface area contributed by atoms with Crippen LogP contribution in [-0.4, -0.2) is 54.1 Å². The highest BCUT2D eigenvalue weighted by Crippen LogP contribution is 2.28. The Labute approximate surface area is 174 Å². The number of halogens is 1. The number of hydrogen-bond acceptors (Lipinski definition) is 5. The van der Waals surface area contributed by atoms with Gasteiger partial charge in [0.15, 0.2) is 5.58 Å². The van der Waals surface area contributed by atoms with Crippen molar-refractivity contribution in [2.24, 2.45) is 0 Å². The fourth-order valence-corrected chi connectivity index (χ4v) is 3.59. The van der Waals surface area contributed by atoms with Crippen molar-refractivity contribution in [1.82, 2.24) is 14.8 Å². The quantitative estimate of drug-likeness (QED) is 0.694. The number of aryl methyl sites for hydroxylation is 1. The molecular weight excluding hydrogens is 392 g/mol. The van der Waals surface area contributed by atoms with E-state index in [1.165, 1.54) is 0 Å². The Morgan fingerprint density at radius 2 is 2.00 bits per heavy atom. The molecule has 1 aromatic heterocycles. The summed E-state index contributed by atoms with van der Waals surface area (Å²) in [6.07, 6.45) is 0. The van der Waals surface area contributed by atoms with Crippen LogP contribution in [0.3, 0.4) is 0 Å². The van der Waals surface area contributed by atoms with Crippen molar-refractivity contribution in [2.45, 2.75) is 13.5 Å². The zero-order valence-corrected chi connectivity index (χ0v) is 17.2. The van der Waals surface area contributed by atoms with Gasteiger partial charge in [-0.15, -0.1) is 0 Å². The number of ether oxygens (including phenoxy) is 1. The second-order valence-corrected chi connectivity index (χ2v) is 7.55. The third kappa shape index (κ3) is 4.46. The van der Waals surface area contributed by atoms with Gasteiger partial charge in [-0.3, -0.25) is 4.90 Å². The van der Waals surface area contributed by atoms with Crippen LogP contribution in [0.1, 0.15) is 11.5 Å². The molecule has 0 atom stereocenters. The molecule has 3 aromatic rings. The highest BCUT2D eigenvalue weighted by Gasteiger charge is 2.23. The Bertz CT molecular complexity index is 1030.